The molecule has 1 aliphatic heterocycles. The Morgan fingerprint density at radius 3 is 2.30 bits per heavy atom. The predicted octanol–water partition coefficient (Wildman–Crippen LogP) is 1.15. The number of carbonyl (C=O) groups is 1. The number of amides is 1. The summed E-state index contributed by atoms with van der Waals surface area (Å²) in [5, 5.41) is 0. The molecule has 0 saturated carbocycles. The zero-order valence-corrected chi connectivity index (χ0v) is 12.4. The lowest BCUT2D eigenvalue weighted by molar-refractivity contribution is 0.00578. The maximum absolute atomic E-state index is 10.9. The maximum Gasteiger partial charge on any atom is 0.496 e. The fourth-order valence-electron chi connectivity index (χ4n) is 1.94. The quantitative estimate of drug-likeness (QED) is 0.820. The highest BCUT2D eigenvalue weighted by molar-refractivity contribution is 6.62. The monoisotopic (exact) mass is 278 g/mol. The van der Waals surface area contributed by atoms with Gasteiger partial charge in [0.05, 0.1) is 17.4 Å². The normalized spacial score (nSPS) is 19.9. The molecule has 0 bridgehead atoms. The van der Waals surface area contributed by atoms with Gasteiger partial charge in [-0.15, -0.1) is 0 Å². The van der Waals surface area contributed by atoms with Gasteiger partial charge in [0, 0.05) is 11.7 Å². The molecule has 0 aliphatic carbocycles. The molecule has 0 spiro atoms. The van der Waals surface area contributed by atoms with Gasteiger partial charge in [-0.2, -0.15) is 0 Å². The number of pyridine rings is 1. The molecule has 2 heterocycles. The molecule has 2 N–H and O–H groups in total. The molecule has 0 atom stereocenters. The summed E-state index contributed by atoms with van der Waals surface area (Å²) in [7, 11) is -0.552. The van der Waals surface area contributed by atoms with Gasteiger partial charge < -0.3 is 19.8 Å². The first kappa shape index (κ1) is 14.8. The first-order valence-electron chi connectivity index (χ1n) is 6.41. The summed E-state index contributed by atoms with van der Waals surface area (Å²) < 4.78 is 16.8. The van der Waals surface area contributed by atoms with Crippen LogP contribution >= 0.6 is 0 Å². The van der Waals surface area contributed by atoms with Gasteiger partial charge in [0.1, 0.15) is 0 Å². The molecular weight excluding hydrogens is 259 g/mol. The van der Waals surface area contributed by atoms with Crippen LogP contribution in [0.3, 0.4) is 0 Å². The third-order valence-corrected chi connectivity index (χ3v) is 3.93. The van der Waals surface area contributed by atoms with Crippen molar-refractivity contribution in [2.45, 2.75) is 45.8 Å². The van der Waals surface area contributed by atoms with Crippen molar-refractivity contribution in [3.05, 3.63) is 18.0 Å². The van der Waals surface area contributed by atoms with Crippen LogP contribution in [-0.2, 0) is 9.31 Å². The number of ether oxygens (including phenoxy) is 1. The van der Waals surface area contributed by atoms with E-state index in [1.54, 1.807) is 13.1 Å². The summed E-state index contributed by atoms with van der Waals surface area (Å²) in [6.45, 7) is 9.69. The van der Waals surface area contributed by atoms with Gasteiger partial charge >= 0.3 is 13.2 Å². The fourth-order valence-corrected chi connectivity index (χ4v) is 1.94. The molecule has 108 valence electrons. The summed E-state index contributed by atoms with van der Waals surface area (Å²) in [6.07, 6.45) is 2.21. The molecule has 6 nitrogen and oxygen atoms in total. The van der Waals surface area contributed by atoms with Crippen LogP contribution in [0, 0.1) is 6.92 Å². The topological polar surface area (TPSA) is 83.7 Å². The molecule has 2 rings (SSSR count). The third-order valence-electron chi connectivity index (χ3n) is 3.93. The van der Waals surface area contributed by atoms with Crippen LogP contribution in [0.2, 0.25) is 0 Å². The Hall–Kier alpha value is -1.60. The maximum atomic E-state index is 10.9. The smallest absolute Gasteiger partial charge is 0.409 e. The van der Waals surface area contributed by atoms with Gasteiger partial charge in [-0.25, -0.2) is 4.79 Å². The SMILES string of the molecule is Cc1c(OC(N)=O)cncc1B1OC(C)(C)C(C)(C)O1. The van der Waals surface area contributed by atoms with Crippen LogP contribution in [0.1, 0.15) is 33.3 Å². The Kier molecular flexibility index (Phi) is 3.52. The molecule has 1 fully saturated rings. The first-order valence-corrected chi connectivity index (χ1v) is 6.41. The van der Waals surface area contributed by atoms with E-state index in [-0.39, 0.29) is 0 Å². The number of nitrogens with zero attached hydrogens (tertiary/aromatic N) is 1. The zero-order chi connectivity index (χ0) is 15.1. The summed E-state index contributed by atoms with van der Waals surface area (Å²) >= 11 is 0. The number of carbonyl (C=O) groups excluding carboxylic acids is 1. The minimum Gasteiger partial charge on any atom is -0.409 e. The van der Waals surface area contributed by atoms with Crippen LogP contribution in [-0.4, -0.2) is 29.4 Å². The summed E-state index contributed by atoms with van der Waals surface area (Å²) in [5.74, 6) is 0.310. The van der Waals surface area contributed by atoms with E-state index >= 15 is 0 Å². The second kappa shape index (κ2) is 4.75. The highest BCUT2D eigenvalue weighted by Gasteiger charge is 2.52. The van der Waals surface area contributed by atoms with E-state index in [1.165, 1.54) is 6.20 Å². The Morgan fingerprint density at radius 1 is 1.25 bits per heavy atom. The Labute approximate surface area is 118 Å². The summed E-state index contributed by atoms with van der Waals surface area (Å²) in [5.41, 5.74) is 5.60. The Bertz CT molecular complexity index is 529. The van der Waals surface area contributed by atoms with E-state index in [4.69, 9.17) is 19.8 Å². The van der Waals surface area contributed by atoms with Gasteiger partial charge in [-0.1, -0.05) is 0 Å². The van der Waals surface area contributed by atoms with Gasteiger partial charge in [0.15, 0.2) is 5.75 Å². The molecule has 1 amide bonds. The standard InChI is InChI=1S/C13H19BN2O4/c1-8-9(6-16-7-10(8)18-11(15)17)14-19-12(2,3)13(4,5)20-14/h6-7H,1-5H3,(H2,15,17). The average molecular weight is 278 g/mol. The fraction of sp³-hybridized carbons (Fsp3) is 0.538. The lowest BCUT2D eigenvalue weighted by Crippen LogP contribution is -2.41. The van der Waals surface area contributed by atoms with E-state index in [9.17, 15) is 4.79 Å². The molecule has 1 aromatic rings. The largest absolute Gasteiger partial charge is 0.496 e. The molecular formula is C13H19BN2O4. The molecule has 1 aliphatic rings. The average Bonchev–Trinajstić information content (AvgIpc) is 2.50. The van der Waals surface area contributed by atoms with Crippen molar-refractivity contribution in [2.24, 2.45) is 5.73 Å². The second-order valence-corrected chi connectivity index (χ2v) is 5.86. The molecule has 20 heavy (non-hydrogen) atoms. The predicted molar refractivity (Wildman–Crippen MR) is 74.9 cm³/mol. The van der Waals surface area contributed by atoms with Crippen LogP contribution in [0.25, 0.3) is 0 Å². The lowest BCUT2D eigenvalue weighted by Gasteiger charge is -2.32. The van der Waals surface area contributed by atoms with Crippen LogP contribution in [0.4, 0.5) is 4.79 Å². The molecule has 0 unspecified atom stereocenters. The zero-order valence-electron chi connectivity index (χ0n) is 12.4. The van der Waals surface area contributed by atoms with Crippen LogP contribution in [0.15, 0.2) is 12.4 Å². The van der Waals surface area contributed by atoms with Crippen molar-refractivity contribution in [1.82, 2.24) is 4.98 Å². The minimum atomic E-state index is -0.874. The van der Waals surface area contributed by atoms with Crippen molar-refractivity contribution in [3.8, 4) is 5.75 Å². The molecule has 0 radical (unpaired) electrons. The number of rotatable bonds is 2. The van der Waals surface area contributed by atoms with Gasteiger partial charge in [0.2, 0.25) is 0 Å². The molecule has 7 heteroatoms. The van der Waals surface area contributed by atoms with Crippen molar-refractivity contribution < 1.29 is 18.8 Å². The van der Waals surface area contributed by atoms with Crippen molar-refractivity contribution in [1.29, 1.82) is 0 Å². The third kappa shape index (κ3) is 2.51. The summed E-state index contributed by atoms with van der Waals surface area (Å²) in [6, 6.07) is 0. The van der Waals surface area contributed by atoms with Crippen molar-refractivity contribution >= 4 is 18.7 Å². The number of hydrogen-bond acceptors (Lipinski definition) is 5. The lowest BCUT2D eigenvalue weighted by atomic mass is 9.77. The van der Waals surface area contributed by atoms with Gasteiger partial charge in [-0.3, -0.25) is 4.98 Å². The molecule has 0 aromatic carbocycles. The van der Waals surface area contributed by atoms with E-state index in [0.717, 1.165) is 11.0 Å². The molecule has 1 aromatic heterocycles. The van der Waals surface area contributed by atoms with Crippen molar-refractivity contribution in [3.63, 3.8) is 0 Å². The van der Waals surface area contributed by atoms with E-state index in [2.05, 4.69) is 4.98 Å². The van der Waals surface area contributed by atoms with Crippen LogP contribution < -0.4 is 15.9 Å². The van der Waals surface area contributed by atoms with E-state index in [1.807, 2.05) is 27.7 Å². The number of aromatic nitrogens is 1. The molecule has 1 saturated heterocycles. The highest BCUT2D eigenvalue weighted by Crippen LogP contribution is 2.36. The van der Waals surface area contributed by atoms with Gasteiger partial charge in [0.25, 0.3) is 0 Å². The number of primary amides is 1. The van der Waals surface area contributed by atoms with Crippen molar-refractivity contribution in [2.75, 3.05) is 0 Å². The Balaban J connectivity index is 2.34. The highest BCUT2D eigenvalue weighted by atomic mass is 16.7. The number of nitrogens with two attached hydrogens (primary N) is 1. The summed E-state index contributed by atoms with van der Waals surface area (Å²) in [4.78, 5) is 14.9. The number of hydrogen-bond donors (Lipinski definition) is 1. The minimum absolute atomic E-state index is 0.310. The first-order chi connectivity index (χ1) is 9.14. The van der Waals surface area contributed by atoms with Crippen LogP contribution in [0.5, 0.6) is 5.75 Å². The second-order valence-electron chi connectivity index (χ2n) is 5.86. The van der Waals surface area contributed by atoms with E-state index < -0.39 is 24.4 Å². The Morgan fingerprint density at radius 2 is 1.80 bits per heavy atom. The van der Waals surface area contributed by atoms with E-state index in [0.29, 0.717) is 5.75 Å². The van der Waals surface area contributed by atoms with Gasteiger partial charge in [-0.05, 0) is 40.2 Å².